The highest BCUT2D eigenvalue weighted by atomic mass is 79.9. The van der Waals surface area contributed by atoms with E-state index in [0.29, 0.717) is 29.8 Å². The summed E-state index contributed by atoms with van der Waals surface area (Å²) in [7, 11) is -3.44. The zero-order chi connectivity index (χ0) is 16.2. The topological polar surface area (TPSA) is 63.4 Å². The Hall–Kier alpha value is -0.950. The van der Waals surface area contributed by atoms with Crippen molar-refractivity contribution in [3.05, 3.63) is 40.9 Å². The Bertz CT molecular complexity index is 868. The maximum absolute atomic E-state index is 13.0. The van der Waals surface area contributed by atoms with Gasteiger partial charge >= 0.3 is 0 Å². The number of hydrogen-bond acceptors (Lipinski definition) is 3. The van der Waals surface area contributed by atoms with Crippen LogP contribution in [0.15, 0.2) is 45.8 Å². The Balaban J connectivity index is 1.68. The largest absolute Gasteiger partial charge is 0.327 e. The third-order valence-corrected chi connectivity index (χ3v) is 7.61. The fourth-order valence-electron chi connectivity index (χ4n) is 3.97. The van der Waals surface area contributed by atoms with E-state index in [1.165, 1.54) is 0 Å². The molecule has 1 aliphatic heterocycles. The molecule has 1 aliphatic carbocycles. The van der Waals surface area contributed by atoms with Crippen LogP contribution >= 0.6 is 15.9 Å². The minimum absolute atomic E-state index is 0.147. The molecule has 2 fully saturated rings. The Morgan fingerprint density at radius 1 is 1.04 bits per heavy atom. The third-order valence-electron chi connectivity index (χ3n) is 5.29. The quantitative estimate of drug-likeness (QED) is 0.851. The number of sulfonamides is 1. The SMILES string of the molecule is NC1CCC2CN(S(=O)(=O)c3ccc4cc(Br)ccc4c3)CC12. The van der Waals surface area contributed by atoms with Gasteiger partial charge in [0.15, 0.2) is 0 Å². The first-order valence-electron chi connectivity index (χ1n) is 7.90. The maximum atomic E-state index is 13.0. The first-order valence-corrected chi connectivity index (χ1v) is 10.1. The van der Waals surface area contributed by atoms with Gasteiger partial charge in [-0.05, 0) is 59.7 Å². The summed E-state index contributed by atoms with van der Waals surface area (Å²) in [5.74, 6) is 0.748. The van der Waals surface area contributed by atoms with Gasteiger partial charge in [0.05, 0.1) is 4.90 Å². The molecule has 6 heteroatoms. The van der Waals surface area contributed by atoms with Gasteiger partial charge in [0.25, 0.3) is 0 Å². The van der Waals surface area contributed by atoms with Crippen molar-refractivity contribution in [3.8, 4) is 0 Å². The van der Waals surface area contributed by atoms with E-state index < -0.39 is 10.0 Å². The first kappa shape index (κ1) is 15.6. The molecule has 3 unspecified atom stereocenters. The molecule has 2 aromatic carbocycles. The summed E-state index contributed by atoms with van der Waals surface area (Å²) in [5.41, 5.74) is 6.13. The van der Waals surface area contributed by atoms with Crippen molar-refractivity contribution in [2.45, 2.75) is 23.8 Å². The monoisotopic (exact) mass is 394 g/mol. The predicted molar refractivity (Wildman–Crippen MR) is 94.6 cm³/mol. The van der Waals surface area contributed by atoms with E-state index in [1.807, 2.05) is 24.3 Å². The van der Waals surface area contributed by atoms with Gasteiger partial charge in [-0.2, -0.15) is 4.31 Å². The molecular formula is C17H19BrN2O2S. The number of hydrogen-bond donors (Lipinski definition) is 1. The zero-order valence-electron chi connectivity index (χ0n) is 12.7. The van der Waals surface area contributed by atoms with Crippen LogP contribution in [-0.4, -0.2) is 31.9 Å². The minimum atomic E-state index is -3.44. The molecule has 1 saturated heterocycles. The summed E-state index contributed by atoms with van der Waals surface area (Å²) >= 11 is 3.44. The van der Waals surface area contributed by atoms with Gasteiger partial charge in [-0.1, -0.05) is 28.1 Å². The number of benzene rings is 2. The number of halogens is 1. The summed E-state index contributed by atoms with van der Waals surface area (Å²) in [6, 6.07) is 11.4. The van der Waals surface area contributed by atoms with Gasteiger partial charge < -0.3 is 5.73 Å². The van der Waals surface area contributed by atoms with Crippen molar-refractivity contribution in [1.82, 2.24) is 4.31 Å². The van der Waals surface area contributed by atoms with E-state index in [-0.39, 0.29) is 6.04 Å². The number of nitrogens with two attached hydrogens (primary N) is 1. The average molecular weight is 395 g/mol. The van der Waals surface area contributed by atoms with Crippen molar-refractivity contribution in [2.24, 2.45) is 17.6 Å². The van der Waals surface area contributed by atoms with Crippen LogP contribution in [0.3, 0.4) is 0 Å². The standard InChI is InChI=1S/C17H19BrN2O2S/c18-14-4-1-12-8-15(5-2-11(12)7-14)23(21,22)20-9-13-3-6-17(19)16(13)10-20/h1-2,4-5,7-8,13,16-17H,3,6,9-10,19H2. The first-order chi connectivity index (χ1) is 10.9. The molecule has 2 aliphatic rings. The van der Waals surface area contributed by atoms with Gasteiger partial charge in [0.1, 0.15) is 0 Å². The molecule has 0 spiro atoms. The maximum Gasteiger partial charge on any atom is 0.243 e. The lowest BCUT2D eigenvalue weighted by Gasteiger charge is -2.19. The van der Waals surface area contributed by atoms with Gasteiger partial charge in [0.2, 0.25) is 10.0 Å². The molecule has 1 saturated carbocycles. The highest BCUT2D eigenvalue weighted by molar-refractivity contribution is 9.10. The van der Waals surface area contributed by atoms with Crippen LogP contribution < -0.4 is 5.73 Å². The van der Waals surface area contributed by atoms with Crippen molar-refractivity contribution in [3.63, 3.8) is 0 Å². The van der Waals surface area contributed by atoms with E-state index in [9.17, 15) is 8.42 Å². The van der Waals surface area contributed by atoms with E-state index in [4.69, 9.17) is 5.73 Å². The van der Waals surface area contributed by atoms with Gasteiger partial charge in [0, 0.05) is 23.6 Å². The van der Waals surface area contributed by atoms with Gasteiger partial charge in [-0.25, -0.2) is 8.42 Å². The third kappa shape index (κ3) is 2.61. The summed E-state index contributed by atoms with van der Waals surface area (Å²) in [4.78, 5) is 0.376. The lowest BCUT2D eigenvalue weighted by Crippen LogP contribution is -2.33. The number of fused-ring (bicyclic) bond motifs is 2. The predicted octanol–water partition coefficient (Wildman–Crippen LogP) is 2.96. The molecule has 23 heavy (non-hydrogen) atoms. The zero-order valence-corrected chi connectivity index (χ0v) is 15.1. The van der Waals surface area contributed by atoms with E-state index in [0.717, 1.165) is 28.1 Å². The molecule has 122 valence electrons. The van der Waals surface area contributed by atoms with Crippen LogP contribution in [-0.2, 0) is 10.0 Å². The summed E-state index contributed by atoms with van der Waals surface area (Å²) in [6.07, 6.45) is 2.07. The fourth-order valence-corrected chi connectivity index (χ4v) is 5.92. The number of rotatable bonds is 2. The van der Waals surface area contributed by atoms with E-state index >= 15 is 0 Å². The molecule has 0 bridgehead atoms. The summed E-state index contributed by atoms with van der Waals surface area (Å²) in [6.45, 7) is 1.17. The molecule has 2 aromatic rings. The van der Waals surface area contributed by atoms with Crippen LogP contribution in [0, 0.1) is 11.8 Å². The van der Waals surface area contributed by atoms with Crippen molar-refractivity contribution < 1.29 is 8.42 Å². The molecule has 1 heterocycles. The van der Waals surface area contributed by atoms with Crippen LogP contribution in [0.5, 0.6) is 0 Å². The van der Waals surface area contributed by atoms with Gasteiger partial charge in [-0.3, -0.25) is 0 Å². The molecule has 4 rings (SSSR count). The van der Waals surface area contributed by atoms with E-state index in [2.05, 4.69) is 15.9 Å². The number of nitrogens with zero attached hydrogens (tertiary/aromatic N) is 1. The highest BCUT2D eigenvalue weighted by Gasteiger charge is 2.45. The second-order valence-electron chi connectivity index (χ2n) is 6.64. The molecule has 0 amide bonds. The summed E-state index contributed by atoms with van der Waals surface area (Å²) < 4.78 is 28.5. The van der Waals surface area contributed by atoms with E-state index in [1.54, 1.807) is 16.4 Å². The van der Waals surface area contributed by atoms with Crippen molar-refractivity contribution in [2.75, 3.05) is 13.1 Å². The van der Waals surface area contributed by atoms with Gasteiger partial charge in [-0.15, -0.1) is 0 Å². The average Bonchev–Trinajstić information content (AvgIpc) is 3.09. The molecule has 2 N–H and O–H groups in total. The fraction of sp³-hybridized carbons (Fsp3) is 0.412. The Morgan fingerprint density at radius 2 is 1.78 bits per heavy atom. The van der Waals surface area contributed by atoms with Crippen molar-refractivity contribution in [1.29, 1.82) is 0 Å². The lowest BCUT2D eigenvalue weighted by molar-refractivity contribution is 0.427. The normalized spacial score (nSPS) is 28.3. The summed E-state index contributed by atoms with van der Waals surface area (Å²) in [5, 5.41) is 1.96. The Morgan fingerprint density at radius 3 is 2.57 bits per heavy atom. The van der Waals surface area contributed by atoms with Crippen LogP contribution in [0.2, 0.25) is 0 Å². The molecule has 4 nitrogen and oxygen atoms in total. The van der Waals surface area contributed by atoms with Crippen LogP contribution in [0.4, 0.5) is 0 Å². The van der Waals surface area contributed by atoms with Crippen molar-refractivity contribution >= 4 is 36.7 Å². The molecule has 0 radical (unpaired) electrons. The molecular weight excluding hydrogens is 376 g/mol. The second-order valence-corrected chi connectivity index (χ2v) is 9.49. The second kappa shape index (κ2) is 5.55. The smallest absolute Gasteiger partial charge is 0.243 e. The Labute approximate surface area is 144 Å². The highest BCUT2D eigenvalue weighted by Crippen LogP contribution is 2.39. The Kier molecular flexibility index (Phi) is 3.76. The van der Waals surface area contributed by atoms with Crippen LogP contribution in [0.1, 0.15) is 12.8 Å². The minimum Gasteiger partial charge on any atom is -0.327 e. The molecule has 3 atom stereocenters. The van der Waals surface area contributed by atoms with Crippen LogP contribution in [0.25, 0.3) is 10.8 Å². The lowest BCUT2D eigenvalue weighted by atomic mass is 9.98. The molecule has 0 aromatic heterocycles.